The first-order chi connectivity index (χ1) is 13.5. The highest BCUT2D eigenvalue weighted by molar-refractivity contribution is 6.05. The Morgan fingerprint density at radius 2 is 2.07 bits per heavy atom. The fourth-order valence-electron chi connectivity index (χ4n) is 5.26. The van der Waals surface area contributed by atoms with Crippen LogP contribution in [0.1, 0.15) is 47.2 Å². The Balaban J connectivity index is 1.29. The topological polar surface area (TPSA) is 81.8 Å². The molecule has 7 heteroatoms. The van der Waals surface area contributed by atoms with Crippen molar-refractivity contribution in [2.24, 2.45) is 5.41 Å². The molecule has 0 bridgehead atoms. The maximum atomic E-state index is 13.0. The van der Waals surface area contributed by atoms with Crippen molar-refractivity contribution < 1.29 is 14.4 Å². The molecule has 4 aliphatic rings. The molecule has 0 aromatic heterocycles. The first-order valence-corrected chi connectivity index (χ1v) is 10.2. The first kappa shape index (κ1) is 17.8. The van der Waals surface area contributed by atoms with Gasteiger partial charge in [0.25, 0.3) is 5.91 Å². The van der Waals surface area contributed by atoms with Crippen molar-refractivity contribution in [2.45, 2.75) is 44.8 Å². The van der Waals surface area contributed by atoms with Crippen LogP contribution >= 0.6 is 0 Å². The van der Waals surface area contributed by atoms with Gasteiger partial charge in [0.05, 0.1) is 0 Å². The minimum absolute atomic E-state index is 0.0933. The van der Waals surface area contributed by atoms with Crippen LogP contribution < -0.4 is 10.6 Å². The summed E-state index contributed by atoms with van der Waals surface area (Å²) in [4.78, 5) is 40.6. The van der Waals surface area contributed by atoms with Gasteiger partial charge in [-0.1, -0.05) is 12.1 Å². The van der Waals surface area contributed by atoms with E-state index in [1.54, 1.807) is 4.90 Å². The molecule has 2 unspecified atom stereocenters. The summed E-state index contributed by atoms with van der Waals surface area (Å²) < 4.78 is 0. The van der Waals surface area contributed by atoms with Gasteiger partial charge < -0.3 is 10.2 Å². The highest BCUT2D eigenvalue weighted by Crippen LogP contribution is 2.37. The number of imide groups is 1. The molecule has 2 atom stereocenters. The second-order valence-corrected chi connectivity index (χ2v) is 8.78. The van der Waals surface area contributed by atoms with Gasteiger partial charge in [-0.3, -0.25) is 24.6 Å². The summed E-state index contributed by atoms with van der Waals surface area (Å²) in [5, 5.41) is 5.84. The zero-order valence-electron chi connectivity index (χ0n) is 16.0. The van der Waals surface area contributed by atoms with Gasteiger partial charge in [0.1, 0.15) is 6.04 Å². The van der Waals surface area contributed by atoms with Gasteiger partial charge in [0, 0.05) is 38.2 Å². The molecule has 7 nitrogen and oxygen atoms in total. The van der Waals surface area contributed by atoms with Crippen LogP contribution in [0.2, 0.25) is 0 Å². The van der Waals surface area contributed by atoms with Gasteiger partial charge in [-0.15, -0.1) is 0 Å². The molecule has 1 aromatic rings. The number of carbonyl (C=O) groups is 3. The molecule has 3 amide bonds. The van der Waals surface area contributed by atoms with Gasteiger partial charge >= 0.3 is 0 Å². The average molecular weight is 382 g/mol. The monoisotopic (exact) mass is 382 g/mol. The number of amides is 3. The summed E-state index contributed by atoms with van der Waals surface area (Å²) >= 11 is 0. The molecule has 1 aromatic carbocycles. The normalized spacial score (nSPS) is 30.4. The van der Waals surface area contributed by atoms with Crippen molar-refractivity contribution in [1.29, 1.82) is 0 Å². The lowest BCUT2D eigenvalue weighted by molar-refractivity contribution is -0.136. The van der Waals surface area contributed by atoms with E-state index in [0.29, 0.717) is 23.9 Å². The summed E-state index contributed by atoms with van der Waals surface area (Å²) in [6, 6.07) is 5.59. The molecule has 148 valence electrons. The highest BCUT2D eigenvalue weighted by atomic mass is 16.2. The third-order valence-corrected chi connectivity index (χ3v) is 6.85. The Bertz CT molecular complexity index is 846. The summed E-state index contributed by atoms with van der Waals surface area (Å²) in [6.07, 6.45) is 3.19. The Morgan fingerprint density at radius 3 is 2.86 bits per heavy atom. The second-order valence-electron chi connectivity index (χ2n) is 8.78. The molecule has 0 radical (unpaired) electrons. The van der Waals surface area contributed by atoms with E-state index in [0.717, 1.165) is 43.9 Å². The standard InChI is InChI=1S/C21H26N4O3/c26-18-4-3-17(19(27)23-18)25-11-15-2-1-14(9-16(15)20(25)28)10-24-8-6-21(13-24)5-7-22-12-21/h1-2,9,17,22H,3-8,10-13H2,(H,23,26,27). The Labute approximate surface area is 164 Å². The molecule has 4 heterocycles. The first-order valence-electron chi connectivity index (χ1n) is 10.2. The molecule has 0 saturated carbocycles. The number of hydrogen-bond donors (Lipinski definition) is 2. The molecule has 0 aliphatic carbocycles. The molecule has 2 N–H and O–H groups in total. The van der Waals surface area contributed by atoms with E-state index < -0.39 is 6.04 Å². The second kappa shape index (κ2) is 6.67. The van der Waals surface area contributed by atoms with Gasteiger partial charge in [-0.25, -0.2) is 0 Å². The van der Waals surface area contributed by atoms with E-state index in [4.69, 9.17) is 0 Å². The van der Waals surface area contributed by atoms with Crippen molar-refractivity contribution in [1.82, 2.24) is 20.4 Å². The van der Waals surface area contributed by atoms with Crippen LogP contribution in [0.3, 0.4) is 0 Å². The Kier molecular flexibility index (Phi) is 4.25. The van der Waals surface area contributed by atoms with Crippen molar-refractivity contribution in [3.8, 4) is 0 Å². The van der Waals surface area contributed by atoms with Crippen molar-refractivity contribution >= 4 is 17.7 Å². The van der Waals surface area contributed by atoms with Crippen LogP contribution in [0.4, 0.5) is 0 Å². The van der Waals surface area contributed by atoms with Crippen molar-refractivity contribution in [3.63, 3.8) is 0 Å². The lowest BCUT2D eigenvalue weighted by Crippen LogP contribution is -2.52. The number of nitrogens with zero attached hydrogens (tertiary/aromatic N) is 2. The molecule has 5 rings (SSSR count). The van der Waals surface area contributed by atoms with Crippen LogP contribution in [0.5, 0.6) is 0 Å². The van der Waals surface area contributed by atoms with Crippen molar-refractivity contribution in [2.75, 3.05) is 26.2 Å². The van der Waals surface area contributed by atoms with Crippen LogP contribution in [0.15, 0.2) is 18.2 Å². The summed E-state index contributed by atoms with van der Waals surface area (Å²) in [6.45, 7) is 5.77. The number of nitrogens with one attached hydrogen (secondary N) is 2. The molecule has 1 spiro atoms. The van der Waals surface area contributed by atoms with Crippen LogP contribution in [-0.2, 0) is 22.7 Å². The number of rotatable bonds is 3. The van der Waals surface area contributed by atoms with E-state index in [1.165, 1.54) is 12.8 Å². The number of carbonyl (C=O) groups excluding carboxylic acids is 3. The fourth-order valence-corrected chi connectivity index (χ4v) is 5.26. The smallest absolute Gasteiger partial charge is 0.255 e. The van der Waals surface area contributed by atoms with Gasteiger partial charge in [0.15, 0.2) is 0 Å². The summed E-state index contributed by atoms with van der Waals surface area (Å²) in [5.74, 6) is -0.706. The quantitative estimate of drug-likeness (QED) is 0.750. The average Bonchev–Trinajstić information content (AvgIpc) is 3.37. The van der Waals surface area contributed by atoms with Crippen LogP contribution in [-0.4, -0.2) is 59.7 Å². The summed E-state index contributed by atoms with van der Waals surface area (Å²) in [5.41, 5.74) is 3.27. The molecule has 3 fully saturated rings. The Hall–Kier alpha value is -2.25. The Morgan fingerprint density at radius 1 is 1.18 bits per heavy atom. The number of likely N-dealkylation sites (tertiary alicyclic amines) is 1. The lowest BCUT2D eigenvalue weighted by Gasteiger charge is -2.29. The van der Waals surface area contributed by atoms with E-state index in [9.17, 15) is 14.4 Å². The van der Waals surface area contributed by atoms with Gasteiger partial charge in [-0.2, -0.15) is 0 Å². The minimum atomic E-state index is -0.547. The fraction of sp³-hybridized carbons (Fsp3) is 0.571. The number of benzene rings is 1. The summed E-state index contributed by atoms with van der Waals surface area (Å²) in [7, 11) is 0. The molecular formula is C21H26N4O3. The lowest BCUT2D eigenvalue weighted by atomic mass is 9.86. The zero-order valence-corrected chi connectivity index (χ0v) is 16.0. The van der Waals surface area contributed by atoms with Crippen LogP contribution in [0, 0.1) is 5.41 Å². The number of hydrogen-bond acceptors (Lipinski definition) is 5. The SMILES string of the molecule is O=C1CCC(N2Cc3ccc(CN4CCC5(CCNC5)C4)cc3C2=O)C(=O)N1. The maximum Gasteiger partial charge on any atom is 0.255 e. The number of piperidine rings is 1. The zero-order chi connectivity index (χ0) is 19.3. The van der Waals surface area contributed by atoms with Crippen molar-refractivity contribution in [3.05, 3.63) is 34.9 Å². The highest BCUT2D eigenvalue weighted by Gasteiger charge is 2.41. The largest absolute Gasteiger partial charge is 0.322 e. The molecular weight excluding hydrogens is 356 g/mol. The van der Waals surface area contributed by atoms with E-state index >= 15 is 0 Å². The predicted octanol–water partition coefficient (Wildman–Crippen LogP) is 0.633. The van der Waals surface area contributed by atoms with Gasteiger partial charge in [-0.05, 0) is 55.0 Å². The minimum Gasteiger partial charge on any atom is -0.322 e. The van der Waals surface area contributed by atoms with Crippen LogP contribution in [0.25, 0.3) is 0 Å². The van der Waals surface area contributed by atoms with E-state index in [1.807, 2.05) is 12.1 Å². The van der Waals surface area contributed by atoms with E-state index in [2.05, 4.69) is 21.6 Å². The number of fused-ring (bicyclic) bond motifs is 1. The molecule has 3 saturated heterocycles. The molecule has 4 aliphatic heterocycles. The molecule has 28 heavy (non-hydrogen) atoms. The third-order valence-electron chi connectivity index (χ3n) is 6.85. The third kappa shape index (κ3) is 3.02. The predicted molar refractivity (Wildman–Crippen MR) is 102 cm³/mol. The maximum absolute atomic E-state index is 13.0. The van der Waals surface area contributed by atoms with Gasteiger partial charge in [0.2, 0.25) is 11.8 Å². The van der Waals surface area contributed by atoms with E-state index in [-0.39, 0.29) is 24.1 Å².